The summed E-state index contributed by atoms with van der Waals surface area (Å²) in [7, 11) is 0. The van der Waals surface area contributed by atoms with Crippen LogP contribution in [0.2, 0.25) is 0 Å². The summed E-state index contributed by atoms with van der Waals surface area (Å²) in [6, 6.07) is -0.805. The van der Waals surface area contributed by atoms with E-state index in [1.54, 1.807) is 0 Å². The number of hydrogen-bond acceptors (Lipinski definition) is 3. The normalized spacial score (nSPS) is 14.0. The second-order valence-electron chi connectivity index (χ2n) is 2.40. The van der Waals surface area contributed by atoms with Gasteiger partial charge in [-0.3, -0.25) is 4.21 Å². The van der Waals surface area contributed by atoms with Crippen molar-refractivity contribution in [1.82, 2.24) is 5.32 Å². The number of carbonyl (C=O) groups is 1. The van der Waals surface area contributed by atoms with Crippen LogP contribution in [0.25, 0.3) is 0 Å². The minimum Gasteiger partial charge on any atom is -0.771 e. The number of nitrogens with one attached hydrogen (secondary N) is 1. The summed E-state index contributed by atoms with van der Waals surface area (Å²) >= 11 is -2.29. The van der Waals surface area contributed by atoms with Gasteiger partial charge in [-0.1, -0.05) is 19.8 Å². The molecule has 0 aliphatic carbocycles. The first kappa shape index (κ1) is 15.8. The number of primary amides is 1. The number of nitrogens with two attached hydrogens (primary N) is 1. The molecule has 0 radical (unpaired) electrons. The Bertz CT molecular complexity index is 179. The Balaban J connectivity index is 0. The summed E-state index contributed by atoms with van der Waals surface area (Å²) in [5, 5.41) is 1.30. The molecule has 0 bridgehead atoms. The molecule has 7 heteroatoms. The number of urea groups is 1. The fourth-order valence-electron chi connectivity index (χ4n) is 0.765. The van der Waals surface area contributed by atoms with Gasteiger partial charge in [0.05, 0.1) is 5.37 Å². The second kappa shape index (κ2) is 8.96. The van der Waals surface area contributed by atoms with E-state index in [1.165, 1.54) is 0 Å². The van der Waals surface area contributed by atoms with Crippen LogP contribution in [0.5, 0.6) is 0 Å². The Morgan fingerprint density at radius 2 is 2.23 bits per heavy atom. The maximum Gasteiger partial charge on any atom is 1.00 e. The van der Waals surface area contributed by atoms with Crippen LogP contribution in [-0.2, 0) is 11.1 Å². The number of unbranched alkanes of at least 4 members (excludes halogenated alkanes) is 1. The molecule has 0 spiro atoms. The van der Waals surface area contributed by atoms with E-state index in [0.717, 1.165) is 12.8 Å². The maximum absolute atomic E-state index is 10.5. The molecule has 2 atom stereocenters. The molecule has 72 valence electrons. The molecule has 2 amide bonds. The SMILES string of the molecule is CCCCC(NC(N)=O)S(=O)[O-].[Na+]. The van der Waals surface area contributed by atoms with Crippen molar-refractivity contribution in [1.29, 1.82) is 0 Å². The van der Waals surface area contributed by atoms with Crippen LogP contribution in [-0.4, -0.2) is 20.2 Å². The van der Waals surface area contributed by atoms with Crippen molar-refractivity contribution in [2.75, 3.05) is 0 Å². The number of hydrogen-bond donors (Lipinski definition) is 2. The van der Waals surface area contributed by atoms with Gasteiger partial charge in [0.15, 0.2) is 0 Å². The molecule has 2 unspecified atom stereocenters. The first-order valence-corrected chi connectivity index (χ1v) is 4.85. The summed E-state index contributed by atoms with van der Waals surface area (Å²) in [4.78, 5) is 10.3. The first-order chi connectivity index (χ1) is 5.57. The van der Waals surface area contributed by atoms with Gasteiger partial charge in [0, 0.05) is 0 Å². The van der Waals surface area contributed by atoms with E-state index in [4.69, 9.17) is 5.73 Å². The van der Waals surface area contributed by atoms with Gasteiger partial charge in [0.1, 0.15) is 0 Å². The van der Waals surface area contributed by atoms with E-state index < -0.39 is 22.5 Å². The molecule has 5 nitrogen and oxygen atoms in total. The van der Waals surface area contributed by atoms with Gasteiger partial charge in [-0.25, -0.2) is 4.79 Å². The van der Waals surface area contributed by atoms with Gasteiger partial charge >= 0.3 is 35.6 Å². The minimum atomic E-state index is -2.29. The third-order valence-electron chi connectivity index (χ3n) is 1.36. The predicted octanol–water partition coefficient (Wildman–Crippen LogP) is -2.95. The van der Waals surface area contributed by atoms with Crippen molar-refractivity contribution in [3.63, 3.8) is 0 Å². The fraction of sp³-hybridized carbons (Fsp3) is 0.833. The molecule has 13 heavy (non-hydrogen) atoms. The molecule has 0 saturated carbocycles. The van der Waals surface area contributed by atoms with Crippen LogP contribution in [0.15, 0.2) is 0 Å². The quantitative estimate of drug-likeness (QED) is 0.380. The van der Waals surface area contributed by atoms with Crippen molar-refractivity contribution < 1.29 is 43.1 Å². The minimum absolute atomic E-state index is 0. The molecular weight excluding hydrogens is 203 g/mol. The molecule has 0 saturated heterocycles. The standard InChI is InChI=1S/C6H14N2O3S.Na/c1-2-3-4-5(12(10)11)8-6(7)9;/h5H,2-4H2,1H3,(H,10,11)(H3,7,8,9);/q;+1/p-1. The third kappa shape index (κ3) is 8.70. The van der Waals surface area contributed by atoms with Gasteiger partial charge in [-0.05, 0) is 17.5 Å². The van der Waals surface area contributed by atoms with Crippen LogP contribution < -0.4 is 40.6 Å². The van der Waals surface area contributed by atoms with E-state index >= 15 is 0 Å². The number of rotatable bonds is 5. The zero-order valence-electron chi connectivity index (χ0n) is 7.91. The number of amides is 2. The Morgan fingerprint density at radius 1 is 1.69 bits per heavy atom. The van der Waals surface area contributed by atoms with Crippen molar-refractivity contribution in [3.05, 3.63) is 0 Å². The van der Waals surface area contributed by atoms with E-state index in [-0.39, 0.29) is 29.6 Å². The summed E-state index contributed by atoms with van der Waals surface area (Å²) in [6.45, 7) is 1.94. The Hall–Kier alpha value is 0.380. The average molecular weight is 216 g/mol. The van der Waals surface area contributed by atoms with Crippen LogP contribution in [0.4, 0.5) is 4.79 Å². The Labute approximate surface area is 102 Å². The summed E-state index contributed by atoms with van der Waals surface area (Å²) in [6.07, 6.45) is 2.04. The molecule has 0 fully saturated rings. The summed E-state index contributed by atoms with van der Waals surface area (Å²) < 4.78 is 20.9. The van der Waals surface area contributed by atoms with Crippen LogP contribution in [0.3, 0.4) is 0 Å². The average Bonchev–Trinajstić information content (AvgIpc) is 1.96. The van der Waals surface area contributed by atoms with Crippen molar-refractivity contribution in [3.8, 4) is 0 Å². The van der Waals surface area contributed by atoms with E-state index in [0.29, 0.717) is 6.42 Å². The Morgan fingerprint density at radius 3 is 2.54 bits per heavy atom. The van der Waals surface area contributed by atoms with E-state index in [9.17, 15) is 13.6 Å². The molecule has 0 aromatic rings. The monoisotopic (exact) mass is 216 g/mol. The summed E-state index contributed by atoms with van der Waals surface area (Å²) in [5.41, 5.74) is 4.78. The van der Waals surface area contributed by atoms with E-state index in [1.807, 2.05) is 6.92 Å². The molecule has 0 rings (SSSR count). The molecule has 0 heterocycles. The zero-order chi connectivity index (χ0) is 9.56. The van der Waals surface area contributed by atoms with Gasteiger partial charge < -0.3 is 15.6 Å². The van der Waals surface area contributed by atoms with Gasteiger partial charge in [0.2, 0.25) is 0 Å². The molecule has 3 N–H and O–H groups in total. The van der Waals surface area contributed by atoms with Gasteiger partial charge in [-0.15, -0.1) is 0 Å². The molecule has 0 aromatic heterocycles. The van der Waals surface area contributed by atoms with Crippen LogP contribution in [0, 0.1) is 0 Å². The molecular formula is C6H13N2NaO3S. The largest absolute Gasteiger partial charge is 1.00 e. The topological polar surface area (TPSA) is 95.2 Å². The van der Waals surface area contributed by atoms with Crippen LogP contribution >= 0.6 is 0 Å². The molecule has 0 aliphatic heterocycles. The van der Waals surface area contributed by atoms with Gasteiger partial charge in [0.25, 0.3) is 0 Å². The molecule has 0 aliphatic rings. The maximum atomic E-state index is 10.5. The van der Waals surface area contributed by atoms with E-state index in [2.05, 4.69) is 5.32 Å². The second-order valence-corrected chi connectivity index (χ2v) is 3.49. The smallest absolute Gasteiger partial charge is 0.771 e. The zero-order valence-corrected chi connectivity index (χ0v) is 10.7. The van der Waals surface area contributed by atoms with Gasteiger partial charge in [-0.2, -0.15) is 0 Å². The van der Waals surface area contributed by atoms with Crippen molar-refractivity contribution in [2.24, 2.45) is 5.73 Å². The third-order valence-corrected chi connectivity index (χ3v) is 2.17. The van der Waals surface area contributed by atoms with Crippen molar-refractivity contribution >= 4 is 17.1 Å². The first-order valence-electron chi connectivity index (χ1n) is 3.72. The fourth-order valence-corrected chi connectivity index (χ4v) is 1.34. The van der Waals surface area contributed by atoms with Crippen LogP contribution in [0.1, 0.15) is 26.2 Å². The predicted molar refractivity (Wildman–Crippen MR) is 45.0 cm³/mol. The Kier molecular flexibility index (Phi) is 10.9. The summed E-state index contributed by atoms with van der Waals surface area (Å²) in [5.74, 6) is 0. The number of carbonyl (C=O) groups excluding carboxylic acids is 1. The van der Waals surface area contributed by atoms with Crippen molar-refractivity contribution in [2.45, 2.75) is 31.6 Å². The molecule has 0 aromatic carbocycles.